The van der Waals surface area contributed by atoms with Crippen molar-refractivity contribution in [2.75, 3.05) is 6.54 Å². The first kappa shape index (κ1) is 14.9. The van der Waals surface area contributed by atoms with Crippen molar-refractivity contribution in [2.24, 2.45) is 5.92 Å². The molecule has 1 amide bonds. The van der Waals surface area contributed by atoms with Gasteiger partial charge in [-0.3, -0.25) is 4.79 Å². The van der Waals surface area contributed by atoms with Gasteiger partial charge in [0, 0.05) is 17.5 Å². The molecule has 1 fully saturated rings. The molecule has 2 rings (SSSR count). The summed E-state index contributed by atoms with van der Waals surface area (Å²) in [7, 11) is 0. The fourth-order valence-corrected chi connectivity index (χ4v) is 2.86. The number of carboxylic acids is 1. The molecule has 0 bridgehead atoms. The molecule has 0 aromatic heterocycles. The lowest BCUT2D eigenvalue weighted by atomic mass is 9.99. The molecule has 20 heavy (non-hydrogen) atoms. The van der Waals surface area contributed by atoms with E-state index in [-0.39, 0.29) is 11.8 Å². The lowest BCUT2D eigenvalue weighted by Crippen LogP contribution is -2.43. The van der Waals surface area contributed by atoms with E-state index in [1.165, 1.54) is 4.90 Å². The highest BCUT2D eigenvalue weighted by molar-refractivity contribution is 6.31. The Kier molecular flexibility index (Phi) is 4.65. The molecular formula is C15H18ClNO3. The lowest BCUT2D eigenvalue weighted by molar-refractivity contribution is -0.149. The predicted octanol–water partition coefficient (Wildman–Crippen LogP) is 2.59. The smallest absolute Gasteiger partial charge is 0.326 e. The van der Waals surface area contributed by atoms with Crippen LogP contribution in [0.1, 0.15) is 25.3 Å². The second-order valence-electron chi connectivity index (χ2n) is 5.22. The molecule has 5 heteroatoms. The molecule has 1 aliphatic heterocycles. The molecule has 1 saturated heterocycles. The number of carbonyl (C=O) groups is 2. The fourth-order valence-electron chi connectivity index (χ4n) is 2.65. The average Bonchev–Trinajstić information content (AvgIpc) is 2.89. The maximum Gasteiger partial charge on any atom is 0.326 e. The first-order chi connectivity index (χ1) is 9.50. The Labute approximate surface area is 123 Å². The molecule has 1 unspecified atom stereocenters. The standard InChI is InChI=1S/C15H18ClNO3/c1-10(9-11-5-2-3-6-12(11)16)14(18)17-8-4-7-13(17)15(19)20/h2-3,5-6,10,13H,4,7-9H2,1H3,(H,19,20)/t10?,13-/m0/s1. The molecule has 0 saturated carbocycles. The molecule has 0 radical (unpaired) electrons. The molecule has 1 heterocycles. The maximum atomic E-state index is 12.4. The van der Waals surface area contributed by atoms with Crippen LogP contribution in [-0.4, -0.2) is 34.5 Å². The zero-order valence-electron chi connectivity index (χ0n) is 11.4. The molecule has 0 aliphatic carbocycles. The zero-order chi connectivity index (χ0) is 14.7. The third-order valence-corrected chi connectivity index (χ3v) is 4.10. The molecular weight excluding hydrogens is 278 g/mol. The van der Waals surface area contributed by atoms with E-state index in [9.17, 15) is 9.59 Å². The van der Waals surface area contributed by atoms with E-state index in [4.69, 9.17) is 16.7 Å². The van der Waals surface area contributed by atoms with E-state index in [1.54, 1.807) is 6.07 Å². The number of carbonyl (C=O) groups excluding carboxylic acids is 1. The van der Waals surface area contributed by atoms with Crippen molar-refractivity contribution in [1.29, 1.82) is 0 Å². The van der Waals surface area contributed by atoms with Gasteiger partial charge in [0.1, 0.15) is 6.04 Å². The van der Waals surface area contributed by atoms with Gasteiger partial charge in [0.2, 0.25) is 5.91 Å². The second kappa shape index (κ2) is 6.27. The van der Waals surface area contributed by atoms with Crippen LogP contribution in [0.5, 0.6) is 0 Å². The van der Waals surface area contributed by atoms with E-state index in [0.29, 0.717) is 24.4 Å². The van der Waals surface area contributed by atoms with Gasteiger partial charge in [0.15, 0.2) is 0 Å². The minimum absolute atomic E-state index is 0.102. The largest absolute Gasteiger partial charge is 0.480 e. The molecule has 1 aliphatic rings. The van der Waals surface area contributed by atoms with Gasteiger partial charge in [0.25, 0.3) is 0 Å². The topological polar surface area (TPSA) is 57.6 Å². The van der Waals surface area contributed by atoms with Crippen LogP contribution in [0.25, 0.3) is 0 Å². The first-order valence-electron chi connectivity index (χ1n) is 6.77. The molecule has 108 valence electrons. The maximum absolute atomic E-state index is 12.4. The number of nitrogens with zero attached hydrogens (tertiary/aromatic N) is 1. The molecule has 4 nitrogen and oxygen atoms in total. The molecule has 0 spiro atoms. The second-order valence-corrected chi connectivity index (χ2v) is 5.63. The lowest BCUT2D eigenvalue weighted by Gasteiger charge is -2.25. The van der Waals surface area contributed by atoms with Gasteiger partial charge in [-0.25, -0.2) is 4.79 Å². The highest BCUT2D eigenvalue weighted by atomic mass is 35.5. The summed E-state index contributed by atoms with van der Waals surface area (Å²) in [6.07, 6.45) is 1.82. The zero-order valence-corrected chi connectivity index (χ0v) is 12.1. The minimum atomic E-state index is -0.916. The monoisotopic (exact) mass is 295 g/mol. The number of hydrogen-bond donors (Lipinski definition) is 1. The van der Waals surface area contributed by atoms with Crippen molar-refractivity contribution in [1.82, 2.24) is 4.90 Å². The summed E-state index contributed by atoms with van der Waals surface area (Å²) in [4.78, 5) is 25.0. The summed E-state index contributed by atoms with van der Waals surface area (Å²) in [5.41, 5.74) is 0.918. The summed E-state index contributed by atoms with van der Waals surface area (Å²) in [5, 5.41) is 9.78. The van der Waals surface area contributed by atoms with Crippen molar-refractivity contribution < 1.29 is 14.7 Å². The Morgan fingerprint density at radius 1 is 1.45 bits per heavy atom. The number of amides is 1. The molecule has 1 aromatic rings. The van der Waals surface area contributed by atoms with Crippen molar-refractivity contribution >= 4 is 23.5 Å². The quantitative estimate of drug-likeness (QED) is 0.929. The fraction of sp³-hybridized carbons (Fsp3) is 0.467. The number of likely N-dealkylation sites (tertiary alicyclic amines) is 1. The number of rotatable bonds is 4. The highest BCUT2D eigenvalue weighted by Crippen LogP contribution is 2.24. The number of halogens is 1. The summed E-state index contributed by atoms with van der Waals surface area (Å²) in [6, 6.07) is 6.75. The van der Waals surface area contributed by atoms with Crippen LogP contribution in [-0.2, 0) is 16.0 Å². The summed E-state index contributed by atoms with van der Waals surface area (Å²) < 4.78 is 0. The van der Waals surface area contributed by atoms with Crippen molar-refractivity contribution in [2.45, 2.75) is 32.2 Å². The third-order valence-electron chi connectivity index (χ3n) is 3.73. The van der Waals surface area contributed by atoms with Crippen molar-refractivity contribution in [3.63, 3.8) is 0 Å². The van der Waals surface area contributed by atoms with E-state index in [1.807, 2.05) is 25.1 Å². The first-order valence-corrected chi connectivity index (χ1v) is 7.15. The summed E-state index contributed by atoms with van der Waals surface area (Å²) in [5.74, 6) is -1.29. The summed E-state index contributed by atoms with van der Waals surface area (Å²) in [6.45, 7) is 2.35. The molecule has 2 atom stereocenters. The number of benzene rings is 1. The number of carboxylic acid groups (broad SMARTS) is 1. The Hall–Kier alpha value is -1.55. The number of aliphatic carboxylic acids is 1. The van der Waals surface area contributed by atoms with Crippen molar-refractivity contribution in [3.05, 3.63) is 34.9 Å². The SMILES string of the molecule is CC(Cc1ccccc1Cl)C(=O)N1CCC[C@H]1C(=O)O. The van der Waals surface area contributed by atoms with E-state index < -0.39 is 12.0 Å². The van der Waals surface area contributed by atoms with Crippen LogP contribution in [0.15, 0.2) is 24.3 Å². The molecule has 1 N–H and O–H groups in total. The van der Waals surface area contributed by atoms with Crippen LogP contribution in [0.2, 0.25) is 5.02 Å². The van der Waals surface area contributed by atoms with Crippen LogP contribution >= 0.6 is 11.6 Å². The highest BCUT2D eigenvalue weighted by Gasteiger charge is 2.35. The Morgan fingerprint density at radius 2 is 2.15 bits per heavy atom. The van der Waals surface area contributed by atoms with Gasteiger partial charge in [-0.05, 0) is 30.9 Å². The van der Waals surface area contributed by atoms with Crippen LogP contribution < -0.4 is 0 Å². The Morgan fingerprint density at radius 3 is 2.80 bits per heavy atom. The van der Waals surface area contributed by atoms with E-state index in [2.05, 4.69) is 0 Å². The number of hydrogen-bond acceptors (Lipinski definition) is 2. The van der Waals surface area contributed by atoms with Gasteiger partial charge >= 0.3 is 5.97 Å². The van der Waals surface area contributed by atoms with E-state index in [0.717, 1.165) is 12.0 Å². The molecule has 1 aromatic carbocycles. The van der Waals surface area contributed by atoms with Gasteiger partial charge < -0.3 is 10.0 Å². The van der Waals surface area contributed by atoms with Crippen LogP contribution in [0.3, 0.4) is 0 Å². The van der Waals surface area contributed by atoms with Gasteiger partial charge in [-0.1, -0.05) is 36.7 Å². The van der Waals surface area contributed by atoms with E-state index >= 15 is 0 Å². The van der Waals surface area contributed by atoms with Crippen LogP contribution in [0, 0.1) is 5.92 Å². The predicted molar refractivity (Wildman–Crippen MR) is 76.7 cm³/mol. The normalized spacial score (nSPS) is 19.9. The van der Waals surface area contributed by atoms with Crippen LogP contribution in [0.4, 0.5) is 0 Å². The third kappa shape index (κ3) is 3.12. The van der Waals surface area contributed by atoms with Gasteiger partial charge in [-0.2, -0.15) is 0 Å². The Bertz CT molecular complexity index is 518. The Balaban J connectivity index is 2.05. The van der Waals surface area contributed by atoms with Crippen molar-refractivity contribution in [3.8, 4) is 0 Å². The van der Waals surface area contributed by atoms with Gasteiger partial charge in [0.05, 0.1) is 0 Å². The summed E-state index contributed by atoms with van der Waals surface area (Å²) >= 11 is 6.09. The average molecular weight is 296 g/mol. The van der Waals surface area contributed by atoms with Gasteiger partial charge in [-0.15, -0.1) is 0 Å². The minimum Gasteiger partial charge on any atom is -0.480 e.